The number of rotatable bonds is 1. The molecule has 0 bridgehead atoms. The minimum absolute atomic E-state index is 0.371. The van der Waals surface area contributed by atoms with E-state index in [4.69, 9.17) is 23.2 Å². The normalized spacial score (nSPS) is 10.3. The molecule has 0 spiro atoms. The summed E-state index contributed by atoms with van der Waals surface area (Å²) in [7, 11) is 0. The molecule has 1 radical (unpaired) electrons. The second kappa shape index (κ2) is 3.62. The lowest BCUT2D eigenvalue weighted by Gasteiger charge is -1.98. The molecule has 0 aromatic carbocycles. The minimum Gasteiger partial charge on any atom is -0.244 e. The number of thiazole rings is 1. The molecule has 0 saturated heterocycles. The monoisotopic (exact) mass is 229 g/mol. The van der Waals surface area contributed by atoms with Crippen LogP contribution in [0.5, 0.6) is 0 Å². The van der Waals surface area contributed by atoms with Crippen molar-refractivity contribution in [3.8, 4) is 10.6 Å². The van der Waals surface area contributed by atoms with Gasteiger partial charge in [0, 0.05) is 11.8 Å². The molecule has 2 heterocycles. The van der Waals surface area contributed by atoms with Crippen LogP contribution < -0.4 is 0 Å². The highest BCUT2D eigenvalue weighted by atomic mass is 35.5. The third-order valence-corrected chi connectivity index (χ3v) is 2.68. The highest BCUT2D eigenvalue weighted by Crippen LogP contribution is 2.28. The number of hydrogen-bond acceptors (Lipinski definition) is 3. The number of nitrogens with zero attached hydrogens (tertiary/aromatic N) is 2. The van der Waals surface area contributed by atoms with Crippen molar-refractivity contribution in [2.45, 2.75) is 0 Å². The second-order valence-corrected chi connectivity index (χ2v) is 3.83. The van der Waals surface area contributed by atoms with Crippen LogP contribution in [0.1, 0.15) is 0 Å². The molecule has 0 aliphatic carbocycles. The van der Waals surface area contributed by atoms with Crippen molar-refractivity contribution in [3.05, 3.63) is 34.0 Å². The van der Waals surface area contributed by atoms with E-state index in [0.717, 1.165) is 10.6 Å². The van der Waals surface area contributed by atoms with Crippen molar-refractivity contribution in [1.29, 1.82) is 0 Å². The van der Waals surface area contributed by atoms with E-state index in [0.29, 0.717) is 10.3 Å². The molecule has 0 unspecified atom stereocenters. The van der Waals surface area contributed by atoms with Crippen molar-refractivity contribution in [3.63, 3.8) is 0 Å². The van der Waals surface area contributed by atoms with Crippen molar-refractivity contribution in [2.75, 3.05) is 0 Å². The molecule has 0 aliphatic heterocycles. The predicted molar refractivity (Wildman–Crippen MR) is 54.2 cm³/mol. The van der Waals surface area contributed by atoms with Gasteiger partial charge in [0.2, 0.25) is 0 Å². The van der Waals surface area contributed by atoms with Crippen LogP contribution in [0, 0.1) is 5.38 Å². The summed E-state index contributed by atoms with van der Waals surface area (Å²) in [6, 6.07) is 3.48. The maximum Gasteiger partial charge on any atom is 0.141 e. The van der Waals surface area contributed by atoms with Gasteiger partial charge in [-0.05, 0) is 12.1 Å². The largest absolute Gasteiger partial charge is 0.244 e. The van der Waals surface area contributed by atoms with Crippen LogP contribution in [0.15, 0.2) is 18.3 Å². The van der Waals surface area contributed by atoms with Gasteiger partial charge < -0.3 is 0 Å². The molecule has 0 aliphatic rings. The molecule has 2 nitrogen and oxygen atoms in total. The molecule has 2 aromatic heterocycles. The average Bonchev–Trinajstić information content (AvgIpc) is 2.56. The molecular formula is C8H3Cl2N2S. The van der Waals surface area contributed by atoms with E-state index in [1.54, 1.807) is 18.3 Å². The first-order valence-corrected chi connectivity index (χ1v) is 4.99. The Balaban J connectivity index is 2.53. The molecular weight excluding hydrogens is 227 g/mol. The highest BCUT2D eigenvalue weighted by Gasteiger charge is 2.07. The van der Waals surface area contributed by atoms with Crippen molar-refractivity contribution in [1.82, 2.24) is 9.97 Å². The van der Waals surface area contributed by atoms with E-state index in [-0.39, 0.29) is 0 Å². The van der Waals surface area contributed by atoms with E-state index in [1.165, 1.54) is 11.3 Å². The van der Waals surface area contributed by atoms with Gasteiger partial charge in [-0.3, -0.25) is 0 Å². The van der Waals surface area contributed by atoms with Gasteiger partial charge in [-0.2, -0.15) is 0 Å². The summed E-state index contributed by atoms with van der Waals surface area (Å²) >= 11 is 12.9. The third-order valence-electron chi connectivity index (χ3n) is 1.44. The van der Waals surface area contributed by atoms with Gasteiger partial charge in [0.15, 0.2) is 0 Å². The summed E-state index contributed by atoms with van der Waals surface area (Å²) in [5.41, 5.74) is 0.789. The van der Waals surface area contributed by atoms with Gasteiger partial charge in [-0.25, -0.2) is 9.97 Å². The molecule has 0 saturated carbocycles. The lowest BCUT2D eigenvalue weighted by Crippen LogP contribution is -1.82. The summed E-state index contributed by atoms with van der Waals surface area (Å²) in [5.74, 6) is 0. The van der Waals surface area contributed by atoms with Gasteiger partial charge in [-0.15, -0.1) is 11.3 Å². The Bertz CT molecular complexity index is 414. The average molecular weight is 230 g/mol. The summed E-state index contributed by atoms with van der Waals surface area (Å²) in [6.07, 6.45) is 1.60. The highest BCUT2D eigenvalue weighted by molar-refractivity contribution is 7.12. The first-order valence-electron chi connectivity index (χ1n) is 3.41. The minimum atomic E-state index is 0.371. The Morgan fingerprint density at radius 1 is 1.31 bits per heavy atom. The summed E-state index contributed by atoms with van der Waals surface area (Å²) in [5, 5.41) is 4.44. The summed E-state index contributed by atoms with van der Waals surface area (Å²) in [6.45, 7) is 0. The molecule has 2 rings (SSSR count). The van der Waals surface area contributed by atoms with E-state index in [2.05, 4.69) is 15.3 Å². The molecule has 0 fully saturated rings. The SMILES string of the molecule is Clc1ccc(-c2nc[c]s2)c(Cl)n1. The van der Waals surface area contributed by atoms with Crippen molar-refractivity contribution in [2.24, 2.45) is 0 Å². The number of halogens is 2. The maximum absolute atomic E-state index is 5.88. The standard InChI is InChI=1S/C8H3Cl2N2S/c9-6-2-1-5(7(10)12-6)8-11-3-4-13-8/h1-3H. The van der Waals surface area contributed by atoms with E-state index in [1.807, 2.05) is 0 Å². The zero-order valence-electron chi connectivity index (χ0n) is 6.29. The van der Waals surface area contributed by atoms with Crippen LogP contribution >= 0.6 is 34.5 Å². The predicted octanol–water partition coefficient (Wildman–Crippen LogP) is 3.31. The topological polar surface area (TPSA) is 25.8 Å². The summed E-state index contributed by atoms with van der Waals surface area (Å²) < 4.78 is 0. The molecule has 0 N–H and O–H groups in total. The quantitative estimate of drug-likeness (QED) is 0.702. The Kier molecular flexibility index (Phi) is 2.49. The van der Waals surface area contributed by atoms with Crippen LogP contribution in [0.2, 0.25) is 10.3 Å². The van der Waals surface area contributed by atoms with E-state index in [9.17, 15) is 0 Å². The van der Waals surface area contributed by atoms with Crippen LogP contribution in [-0.2, 0) is 0 Å². The molecule has 65 valence electrons. The van der Waals surface area contributed by atoms with E-state index < -0.39 is 0 Å². The van der Waals surface area contributed by atoms with Gasteiger partial charge >= 0.3 is 0 Å². The Hall–Kier alpha value is -0.640. The van der Waals surface area contributed by atoms with Crippen LogP contribution in [0.25, 0.3) is 10.6 Å². The van der Waals surface area contributed by atoms with Crippen LogP contribution in [-0.4, -0.2) is 9.97 Å². The molecule has 2 aromatic rings. The molecule has 5 heteroatoms. The fourth-order valence-corrected chi connectivity index (χ4v) is 1.98. The number of pyridine rings is 1. The zero-order chi connectivity index (χ0) is 9.26. The molecule has 0 atom stereocenters. The van der Waals surface area contributed by atoms with E-state index >= 15 is 0 Å². The van der Waals surface area contributed by atoms with Crippen molar-refractivity contribution >= 4 is 34.5 Å². The fourth-order valence-electron chi connectivity index (χ4n) is 0.890. The Morgan fingerprint density at radius 2 is 2.15 bits per heavy atom. The number of aromatic nitrogens is 2. The molecule has 0 amide bonds. The maximum atomic E-state index is 5.88. The van der Waals surface area contributed by atoms with Gasteiger partial charge in [0.05, 0.1) is 5.38 Å². The number of hydrogen-bond donors (Lipinski definition) is 0. The second-order valence-electron chi connectivity index (χ2n) is 2.26. The first kappa shape index (κ1) is 8.94. The zero-order valence-corrected chi connectivity index (χ0v) is 8.62. The fraction of sp³-hybridized carbons (Fsp3) is 0. The van der Waals surface area contributed by atoms with Gasteiger partial charge in [0.1, 0.15) is 15.3 Å². The van der Waals surface area contributed by atoms with Crippen molar-refractivity contribution < 1.29 is 0 Å². The van der Waals surface area contributed by atoms with Gasteiger partial charge in [-0.1, -0.05) is 23.2 Å². The lowest BCUT2D eigenvalue weighted by atomic mass is 10.3. The van der Waals surface area contributed by atoms with Crippen LogP contribution in [0.3, 0.4) is 0 Å². The smallest absolute Gasteiger partial charge is 0.141 e. The summed E-state index contributed by atoms with van der Waals surface area (Å²) in [4.78, 5) is 7.99. The first-order chi connectivity index (χ1) is 6.27. The molecule has 13 heavy (non-hydrogen) atoms. The third kappa shape index (κ3) is 1.82. The lowest BCUT2D eigenvalue weighted by molar-refractivity contribution is 1.31. The Morgan fingerprint density at radius 3 is 2.77 bits per heavy atom. The van der Waals surface area contributed by atoms with Crippen LogP contribution in [0.4, 0.5) is 0 Å². The van der Waals surface area contributed by atoms with Gasteiger partial charge in [0.25, 0.3) is 0 Å². The Labute approximate surface area is 89.2 Å².